The van der Waals surface area contributed by atoms with Crippen molar-refractivity contribution in [3.05, 3.63) is 28.5 Å². The normalized spacial score (nSPS) is 18.5. The number of rotatable bonds is 4. The van der Waals surface area contributed by atoms with Crippen molar-refractivity contribution in [2.75, 3.05) is 26.7 Å². The van der Waals surface area contributed by atoms with Gasteiger partial charge in [-0.1, -0.05) is 25.4 Å². The van der Waals surface area contributed by atoms with Gasteiger partial charge in [0, 0.05) is 17.8 Å². The number of hydrogen-bond donors (Lipinski definition) is 1. The average Bonchev–Trinajstić information content (AvgIpc) is 2.47. The van der Waals surface area contributed by atoms with Gasteiger partial charge >= 0.3 is 0 Å². The molecule has 0 aromatic carbocycles. The van der Waals surface area contributed by atoms with E-state index in [0.717, 1.165) is 38.0 Å². The first-order chi connectivity index (χ1) is 9.92. The van der Waals surface area contributed by atoms with Crippen molar-refractivity contribution in [3.63, 3.8) is 0 Å². The Bertz CT molecular complexity index is 510. The third-order valence-corrected chi connectivity index (χ3v) is 4.54. The number of pyridine rings is 1. The molecular weight excluding hydrogens is 286 g/mol. The Kier molecular flexibility index (Phi) is 5.22. The summed E-state index contributed by atoms with van der Waals surface area (Å²) >= 11 is 5.97. The van der Waals surface area contributed by atoms with Crippen LogP contribution in [0.1, 0.15) is 42.7 Å². The number of hydrogen-bond acceptors (Lipinski definition) is 3. The molecule has 1 aromatic rings. The first-order valence-electron chi connectivity index (χ1n) is 7.55. The van der Waals surface area contributed by atoms with E-state index >= 15 is 0 Å². The predicted molar refractivity (Wildman–Crippen MR) is 85.8 cm³/mol. The summed E-state index contributed by atoms with van der Waals surface area (Å²) in [5.41, 5.74) is 1.63. The Labute approximate surface area is 131 Å². The Morgan fingerprint density at radius 2 is 2.10 bits per heavy atom. The van der Waals surface area contributed by atoms with Crippen LogP contribution in [0, 0.1) is 5.41 Å². The number of amides is 1. The minimum Gasteiger partial charge on any atom is -0.351 e. The molecule has 0 unspecified atom stereocenters. The molecule has 2 rings (SSSR count). The SMILES string of the molecule is CCc1cc(C(=O)NCC2(C)CCN(C)CC2)cc(Cl)n1. The number of carbonyl (C=O) groups is 1. The van der Waals surface area contributed by atoms with E-state index in [2.05, 4.69) is 29.2 Å². The molecular formula is C16H24ClN3O. The number of nitrogens with zero attached hydrogens (tertiary/aromatic N) is 2. The molecule has 116 valence electrons. The van der Waals surface area contributed by atoms with Gasteiger partial charge < -0.3 is 10.2 Å². The molecule has 0 radical (unpaired) electrons. The molecule has 4 nitrogen and oxygen atoms in total. The second-order valence-electron chi connectivity index (χ2n) is 6.32. The topological polar surface area (TPSA) is 45.2 Å². The van der Waals surface area contributed by atoms with E-state index in [4.69, 9.17) is 11.6 Å². The number of piperidine rings is 1. The average molecular weight is 310 g/mol. The molecule has 0 spiro atoms. The number of halogens is 1. The molecule has 1 amide bonds. The third kappa shape index (κ3) is 4.42. The van der Waals surface area contributed by atoms with Crippen molar-refractivity contribution < 1.29 is 4.79 Å². The van der Waals surface area contributed by atoms with Crippen LogP contribution in [0.5, 0.6) is 0 Å². The lowest BCUT2D eigenvalue weighted by atomic mass is 9.80. The molecule has 0 atom stereocenters. The van der Waals surface area contributed by atoms with Crippen LogP contribution >= 0.6 is 11.6 Å². The maximum absolute atomic E-state index is 12.3. The molecule has 2 heterocycles. The van der Waals surface area contributed by atoms with E-state index < -0.39 is 0 Å². The molecule has 1 saturated heterocycles. The molecule has 1 N–H and O–H groups in total. The number of aromatic nitrogens is 1. The van der Waals surface area contributed by atoms with Crippen molar-refractivity contribution in [2.24, 2.45) is 5.41 Å². The van der Waals surface area contributed by atoms with Gasteiger partial charge in [-0.15, -0.1) is 0 Å². The van der Waals surface area contributed by atoms with Crippen molar-refractivity contribution in [2.45, 2.75) is 33.1 Å². The van der Waals surface area contributed by atoms with Crippen LogP contribution in [-0.4, -0.2) is 42.5 Å². The maximum Gasteiger partial charge on any atom is 0.251 e. The first kappa shape index (κ1) is 16.2. The lowest BCUT2D eigenvalue weighted by molar-refractivity contribution is 0.0891. The zero-order valence-corrected chi connectivity index (χ0v) is 13.8. The van der Waals surface area contributed by atoms with Crippen LogP contribution in [0.4, 0.5) is 0 Å². The largest absolute Gasteiger partial charge is 0.351 e. The number of aryl methyl sites for hydroxylation is 1. The number of carbonyl (C=O) groups excluding carboxylic acids is 1. The van der Waals surface area contributed by atoms with Crippen LogP contribution in [0.2, 0.25) is 5.15 Å². The van der Waals surface area contributed by atoms with Gasteiger partial charge in [0.15, 0.2) is 0 Å². The maximum atomic E-state index is 12.3. The zero-order chi connectivity index (χ0) is 15.5. The quantitative estimate of drug-likeness (QED) is 0.870. The minimum absolute atomic E-state index is 0.0610. The number of nitrogens with one attached hydrogen (secondary N) is 1. The van der Waals surface area contributed by atoms with E-state index in [1.165, 1.54) is 0 Å². The summed E-state index contributed by atoms with van der Waals surface area (Å²) in [6.45, 7) is 7.14. The van der Waals surface area contributed by atoms with Gasteiger partial charge in [0.25, 0.3) is 5.91 Å². The Morgan fingerprint density at radius 1 is 1.43 bits per heavy atom. The highest BCUT2D eigenvalue weighted by atomic mass is 35.5. The van der Waals surface area contributed by atoms with Crippen molar-refractivity contribution in [1.82, 2.24) is 15.2 Å². The van der Waals surface area contributed by atoms with E-state index in [9.17, 15) is 4.79 Å². The second kappa shape index (κ2) is 6.75. The highest BCUT2D eigenvalue weighted by molar-refractivity contribution is 6.29. The molecule has 0 aliphatic carbocycles. The van der Waals surface area contributed by atoms with Gasteiger partial charge in [-0.25, -0.2) is 4.98 Å². The molecule has 1 fully saturated rings. The highest BCUT2D eigenvalue weighted by Crippen LogP contribution is 2.29. The van der Waals surface area contributed by atoms with Gasteiger partial charge in [-0.2, -0.15) is 0 Å². The summed E-state index contributed by atoms with van der Waals surface area (Å²) in [7, 11) is 2.14. The molecule has 0 saturated carbocycles. The summed E-state index contributed by atoms with van der Waals surface area (Å²) in [6, 6.07) is 3.45. The predicted octanol–water partition coefficient (Wildman–Crippen LogP) is 2.76. The summed E-state index contributed by atoms with van der Waals surface area (Å²) in [6.07, 6.45) is 2.99. The third-order valence-electron chi connectivity index (χ3n) is 4.34. The van der Waals surface area contributed by atoms with Gasteiger partial charge in [-0.3, -0.25) is 4.79 Å². The van der Waals surface area contributed by atoms with Gasteiger partial charge in [-0.05, 0) is 56.9 Å². The Morgan fingerprint density at radius 3 is 2.71 bits per heavy atom. The van der Waals surface area contributed by atoms with Crippen molar-refractivity contribution in [3.8, 4) is 0 Å². The summed E-state index contributed by atoms with van der Waals surface area (Å²) in [5, 5.41) is 3.44. The fourth-order valence-corrected chi connectivity index (χ4v) is 2.82. The lowest BCUT2D eigenvalue weighted by Gasteiger charge is -2.37. The Hall–Kier alpha value is -1.13. The van der Waals surface area contributed by atoms with Crippen molar-refractivity contribution >= 4 is 17.5 Å². The fourth-order valence-electron chi connectivity index (χ4n) is 2.59. The zero-order valence-electron chi connectivity index (χ0n) is 13.1. The van der Waals surface area contributed by atoms with Crippen molar-refractivity contribution in [1.29, 1.82) is 0 Å². The monoisotopic (exact) mass is 309 g/mol. The summed E-state index contributed by atoms with van der Waals surface area (Å²) in [5.74, 6) is -0.0610. The molecule has 1 aromatic heterocycles. The molecule has 5 heteroatoms. The molecule has 1 aliphatic rings. The number of likely N-dealkylation sites (tertiary alicyclic amines) is 1. The van der Waals surface area contributed by atoms with Crippen LogP contribution in [0.15, 0.2) is 12.1 Å². The smallest absolute Gasteiger partial charge is 0.251 e. The molecule has 0 bridgehead atoms. The van der Waals surface area contributed by atoms with Crippen LogP contribution in [-0.2, 0) is 6.42 Å². The van der Waals surface area contributed by atoms with E-state index in [-0.39, 0.29) is 11.3 Å². The van der Waals surface area contributed by atoms with E-state index in [1.54, 1.807) is 6.07 Å². The molecule has 1 aliphatic heterocycles. The Balaban J connectivity index is 1.97. The highest BCUT2D eigenvalue weighted by Gasteiger charge is 2.29. The lowest BCUT2D eigenvalue weighted by Crippen LogP contribution is -2.43. The van der Waals surface area contributed by atoms with Gasteiger partial charge in [0.05, 0.1) is 0 Å². The van der Waals surface area contributed by atoms with E-state index in [1.807, 2.05) is 13.0 Å². The van der Waals surface area contributed by atoms with Crippen LogP contribution < -0.4 is 5.32 Å². The van der Waals surface area contributed by atoms with Crippen LogP contribution in [0.3, 0.4) is 0 Å². The second-order valence-corrected chi connectivity index (χ2v) is 6.71. The summed E-state index contributed by atoms with van der Waals surface area (Å²) < 4.78 is 0. The first-order valence-corrected chi connectivity index (χ1v) is 7.93. The molecule has 21 heavy (non-hydrogen) atoms. The van der Waals surface area contributed by atoms with Crippen LogP contribution in [0.25, 0.3) is 0 Å². The summed E-state index contributed by atoms with van der Waals surface area (Å²) in [4.78, 5) is 18.8. The van der Waals surface area contributed by atoms with Gasteiger partial charge in [0.2, 0.25) is 0 Å². The standard InChI is InChI=1S/C16H24ClN3O/c1-4-13-9-12(10-14(17)19-13)15(21)18-11-16(2)5-7-20(3)8-6-16/h9-10H,4-8,11H2,1-3H3,(H,18,21). The van der Waals surface area contributed by atoms with E-state index in [0.29, 0.717) is 17.3 Å². The fraction of sp³-hybridized carbons (Fsp3) is 0.625. The van der Waals surface area contributed by atoms with Gasteiger partial charge in [0.1, 0.15) is 5.15 Å². The minimum atomic E-state index is -0.0610.